The molecule has 1 aromatic carbocycles. The Kier molecular flexibility index (Phi) is 5.65. The van der Waals surface area contributed by atoms with E-state index in [9.17, 15) is 25.6 Å². The molecule has 0 bridgehead atoms. The predicted molar refractivity (Wildman–Crippen MR) is 72.2 cm³/mol. The Labute approximate surface area is 121 Å². The number of hydrogen-bond donors (Lipinski definition) is 1. The fourth-order valence-corrected chi connectivity index (χ4v) is 3.02. The van der Waals surface area contributed by atoms with Gasteiger partial charge in [0.1, 0.15) is 20.5 Å². The molecule has 0 saturated heterocycles. The standard InChI is InChI=1S/C11H15F2NO5S2/c1-2-20(15,16)5-3-4-19-11-9(13)6-8(12)7-10(11)21(14,17)18/h6-7H,2-5H2,1H3,(H2,14,17,18). The molecule has 2 N–H and O–H groups in total. The van der Waals surface area contributed by atoms with E-state index in [-0.39, 0.29) is 24.5 Å². The first-order chi connectivity index (χ1) is 9.57. The van der Waals surface area contributed by atoms with Gasteiger partial charge in [0, 0.05) is 11.8 Å². The Balaban J connectivity index is 2.89. The van der Waals surface area contributed by atoms with Gasteiger partial charge in [0.05, 0.1) is 12.4 Å². The SMILES string of the molecule is CCS(=O)(=O)CCCOc1c(F)cc(F)cc1S(N)(=O)=O. The van der Waals surface area contributed by atoms with Gasteiger partial charge in [-0.2, -0.15) is 0 Å². The van der Waals surface area contributed by atoms with E-state index < -0.39 is 42.1 Å². The summed E-state index contributed by atoms with van der Waals surface area (Å²) in [5.74, 6) is -3.28. The van der Waals surface area contributed by atoms with Crippen LogP contribution in [-0.2, 0) is 19.9 Å². The van der Waals surface area contributed by atoms with E-state index >= 15 is 0 Å². The zero-order valence-electron chi connectivity index (χ0n) is 11.2. The first kappa shape index (κ1) is 17.8. The summed E-state index contributed by atoms with van der Waals surface area (Å²) in [5.41, 5.74) is 0. The van der Waals surface area contributed by atoms with E-state index in [0.717, 1.165) is 0 Å². The fraction of sp³-hybridized carbons (Fsp3) is 0.455. The van der Waals surface area contributed by atoms with Crippen molar-refractivity contribution in [2.24, 2.45) is 5.14 Å². The number of rotatable bonds is 7. The summed E-state index contributed by atoms with van der Waals surface area (Å²) >= 11 is 0. The van der Waals surface area contributed by atoms with E-state index in [2.05, 4.69) is 0 Å². The molecule has 0 radical (unpaired) electrons. The van der Waals surface area contributed by atoms with Gasteiger partial charge >= 0.3 is 0 Å². The molecule has 0 fully saturated rings. The first-order valence-electron chi connectivity index (χ1n) is 5.92. The minimum atomic E-state index is -4.37. The van der Waals surface area contributed by atoms with Crippen molar-refractivity contribution in [1.29, 1.82) is 0 Å². The second kappa shape index (κ2) is 6.67. The number of ether oxygens (including phenoxy) is 1. The van der Waals surface area contributed by atoms with Gasteiger partial charge in [-0.1, -0.05) is 6.92 Å². The third-order valence-corrected chi connectivity index (χ3v) is 5.27. The molecule has 10 heteroatoms. The molecular weight excluding hydrogens is 328 g/mol. The second-order valence-corrected chi connectivity index (χ2v) is 8.20. The molecule has 1 rings (SSSR count). The van der Waals surface area contributed by atoms with Crippen molar-refractivity contribution in [2.45, 2.75) is 18.2 Å². The highest BCUT2D eigenvalue weighted by molar-refractivity contribution is 7.91. The molecule has 0 aliphatic heterocycles. The summed E-state index contributed by atoms with van der Waals surface area (Å²) in [7, 11) is -7.58. The Hall–Kier alpha value is -1.26. The number of halogens is 2. The van der Waals surface area contributed by atoms with E-state index in [1.807, 2.05) is 0 Å². The molecule has 0 spiro atoms. The molecule has 0 aliphatic rings. The van der Waals surface area contributed by atoms with E-state index in [1.54, 1.807) is 0 Å². The summed E-state index contributed by atoms with van der Waals surface area (Å²) < 4.78 is 76.6. The van der Waals surface area contributed by atoms with Gasteiger partial charge in [0.2, 0.25) is 10.0 Å². The molecule has 6 nitrogen and oxygen atoms in total. The van der Waals surface area contributed by atoms with Gasteiger partial charge in [0.25, 0.3) is 0 Å². The molecule has 0 heterocycles. The van der Waals surface area contributed by atoms with Crippen molar-refractivity contribution in [1.82, 2.24) is 0 Å². The largest absolute Gasteiger partial charge is 0.489 e. The molecule has 120 valence electrons. The average molecular weight is 343 g/mol. The Morgan fingerprint density at radius 3 is 2.33 bits per heavy atom. The topological polar surface area (TPSA) is 104 Å². The lowest BCUT2D eigenvalue weighted by Crippen LogP contribution is -2.17. The highest BCUT2D eigenvalue weighted by Gasteiger charge is 2.21. The maximum Gasteiger partial charge on any atom is 0.241 e. The minimum Gasteiger partial charge on any atom is -0.489 e. The van der Waals surface area contributed by atoms with Gasteiger partial charge in [-0.15, -0.1) is 0 Å². The summed E-state index contributed by atoms with van der Waals surface area (Å²) in [6.45, 7) is 1.24. The number of hydrogen-bond acceptors (Lipinski definition) is 5. The van der Waals surface area contributed by atoms with E-state index in [1.165, 1.54) is 6.92 Å². The predicted octanol–water partition coefficient (Wildman–Crippen LogP) is 0.816. The van der Waals surface area contributed by atoms with Gasteiger partial charge in [-0.25, -0.2) is 30.8 Å². The van der Waals surface area contributed by atoms with Crippen LogP contribution >= 0.6 is 0 Å². The second-order valence-electron chi connectivity index (χ2n) is 4.20. The lowest BCUT2D eigenvalue weighted by molar-refractivity contribution is 0.291. The quantitative estimate of drug-likeness (QED) is 0.738. The molecular formula is C11H15F2NO5S2. The highest BCUT2D eigenvalue weighted by Crippen LogP contribution is 2.27. The van der Waals surface area contributed by atoms with Crippen molar-refractivity contribution < 1.29 is 30.4 Å². The smallest absolute Gasteiger partial charge is 0.241 e. The van der Waals surface area contributed by atoms with Crippen LogP contribution < -0.4 is 9.88 Å². The van der Waals surface area contributed by atoms with Crippen LogP contribution in [-0.4, -0.2) is 34.9 Å². The van der Waals surface area contributed by atoms with Crippen LogP contribution in [0.25, 0.3) is 0 Å². The molecule has 0 atom stereocenters. The highest BCUT2D eigenvalue weighted by atomic mass is 32.2. The van der Waals surface area contributed by atoms with Gasteiger partial charge in [-0.05, 0) is 12.5 Å². The normalized spacial score (nSPS) is 12.4. The summed E-state index contributed by atoms with van der Waals surface area (Å²) in [5, 5.41) is 4.85. The Bertz CT molecular complexity index is 716. The number of benzene rings is 1. The monoisotopic (exact) mass is 343 g/mol. The Morgan fingerprint density at radius 1 is 1.19 bits per heavy atom. The van der Waals surface area contributed by atoms with Crippen LogP contribution in [0.1, 0.15) is 13.3 Å². The zero-order valence-corrected chi connectivity index (χ0v) is 12.8. The average Bonchev–Trinajstić information content (AvgIpc) is 2.34. The molecule has 21 heavy (non-hydrogen) atoms. The van der Waals surface area contributed by atoms with Gasteiger partial charge in [-0.3, -0.25) is 0 Å². The van der Waals surface area contributed by atoms with Crippen LogP contribution in [0.4, 0.5) is 8.78 Å². The Morgan fingerprint density at radius 2 is 1.81 bits per heavy atom. The maximum atomic E-state index is 13.6. The maximum absolute atomic E-state index is 13.6. The molecule has 0 unspecified atom stereocenters. The molecule has 0 amide bonds. The molecule has 0 saturated carbocycles. The van der Waals surface area contributed by atoms with Crippen LogP contribution in [0, 0.1) is 11.6 Å². The number of sulfonamides is 1. The molecule has 0 aliphatic carbocycles. The van der Waals surface area contributed by atoms with Gasteiger partial charge in [0.15, 0.2) is 11.6 Å². The third-order valence-electron chi connectivity index (χ3n) is 2.57. The van der Waals surface area contributed by atoms with Crippen molar-refractivity contribution in [3.8, 4) is 5.75 Å². The minimum absolute atomic E-state index is 0.0387. The van der Waals surface area contributed by atoms with Crippen molar-refractivity contribution in [2.75, 3.05) is 18.1 Å². The molecule has 1 aromatic rings. The van der Waals surface area contributed by atoms with Gasteiger partial charge < -0.3 is 4.74 Å². The lowest BCUT2D eigenvalue weighted by Gasteiger charge is -2.11. The summed E-state index contributed by atoms with van der Waals surface area (Å²) in [4.78, 5) is -0.821. The molecule has 0 aromatic heterocycles. The van der Waals surface area contributed by atoms with Crippen molar-refractivity contribution in [3.05, 3.63) is 23.8 Å². The van der Waals surface area contributed by atoms with Crippen LogP contribution in [0.2, 0.25) is 0 Å². The van der Waals surface area contributed by atoms with Crippen LogP contribution in [0.15, 0.2) is 17.0 Å². The van der Waals surface area contributed by atoms with E-state index in [0.29, 0.717) is 12.1 Å². The van der Waals surface area contributed by atoms with Crippen LogP contribution in [0.3, 0.4) is 0 Å². The first-order valence-corrected chi connectivity index (χ1v) is 9.28. The van der Waals surface area contributed by atoms with Crippen molar-refractivity contribution in [3.63, 3.8) is 0 Å². The fourth-order valence-electron chi connectivity index (χ4n) is 1.49. The zero-order chi connectivity index (χ0) is 16.3. The number of sulfone groups is 1. The van der Waals surface area contributed by atoms with E-state index in [4.69, 9.17) is 9.88 Å². The van der Waals surface area contributed by atoms with Crippen LogP contribution in [0.5, 0.6) is 5.75 Å². The number of primary sulfonamides is 1. The van der Waals surface area contributed by atoms with Crippen molar-refractivity contribution >= 4 is 19.9 Å². The summed E-state index contributed by atoms with van der Waals surface area (Å²) in [6, 6.07) is 0.989. The third kappa shape index (κ3) is 5.21. The summed E-state index contributed by atoms with van der Waals surface area (Å²) in [6.07, 6.45) is 0.0387. The number of nitrogens with two attached hydrogens (primary N) is 1. The lowest BCUT2D eigenvalue weighted by atomic mass is 10.3.